The minimum absolute atomic E-state index is 0.00314. The van der Waals surface area contributed by atoms with Crippen molar-refractivity contribution in [3.05, 3.63) is 52.3 Å². The first kappa shape index (κ1) is 17.1. The van der Waals surface area contributed by atoms with Gasteiger partial charge in [-0.15, -0.1) is 0 Å². The Morgan fingerprint density at radius 3 is 2.46 bits per heavy atom. The summed E-state index contributed by atoms with van der Waals surface area (Å²) in [6, 6.07) is 5.78. The Hall–Kier alpha value is -2.28. The molecule has 2 aromatic carbocycles. The molecule has 8 heteroatoms. The number of hydrogen-bond donors (Lipinski definition) is 0. The van der Waals surface area contributed by atoms with Crippen LogP contribution in [0.1, 0.15) is 24.0 Å². The maximum Gasteiger partial charge on any atom is 0.416 e. The molecule has 1 aliphatic heterocycles. The number of halogens is 5. The standard InChI is InChI=1S/C18H12ClF4NO2/c1-24-14-3-2-10(8-11(14)17(4-5-17)16(24)25)26-15-12(19)6-9(7-13(15)20)18(21,22)23/h2-3,6-8H,4-5H2,1H3. The summed E-state index contributed by atoms with van der Waals surface area (Å²) in [5.74, 6) is -1.48. The van der Waals surface area contributed by atoms with E-state index in [1.165, 1.54) is 6.07 Å². The minimum Gasteiger partial charge on any atom is -0.453 e. The van der Waals surface area contributed by atoms with Crippen molar-refractivity contribution >= 4 is 23.2 Å². The molecule has 0 bridgehead atoms. The first-order valence-corrected chi connectivity index (χ1v) is 8.18. The lowest BCUT2D eigenvalue weighted by Gasteiger charge is -2.14. The van der Waals surface area contributed by atoms with E-state index in [-0.39, 0.29) is 11.7 Å². The molecule has 26 heavy (non-hydrogen) atoms. The first-order chi connectivity index (χ1) is 12.1. The van der Waals surface area contributed by atoms with Crippen LogP contribution in [0.3, 0.4) is 0 Å². The van der Waals surface area contributed by atoms with Crippen LogP contribution in [0.25, 0.3) is 0 Å². The van der Waals surface area contributed by atoms with E-state index in [0.717, 1.165) is 24.1 Å². The van der Waals surface area contributed by atoms with Gasteiger partial charge in [0.2, 0.25) is 5.91 Å². The summed E-state index contributed by atoms with van der Waals surface area (Å²) in [6.07, 6.45) is -3.26. The Balaban J connectivity index is 1.70. The smallest absolute Gasteiger partial charge is 0.416 e. The van der Waals surface area contributed by atoms with Gasteiger partial charge in [-0.05, 0) is 48.7 Å². The van der Waals surface area contributed by atoms with E-state index in [2.05, 4.69) is 0 Å². The molecule has 1 amide bonds. The van der Waals surface area contributed by atoms with Gasteiger partial charge in [0.25, 0.3) is 0 Å². The van der Waals surface area contributed by atoms with Crippen molar-refractivity contribution in [3.8, 4) is 11.5 Å². The van der Waals surface area contributed by atoms with Gasteiger partial charge in [-0.1, -0.05) is 11.6 Å². The predicted octanol–water partition coefficient (Wildman–Crippen LogP) is 5.30. The number of rotatable bonds is 2. The number of ether oxygens (including phenoxy) is 1. The maximum atomic E-state index is 14.1. The third-order valence-electron chi connectivity index (χ3n) is 4.85. The van der Waals surface area contributed by atoms with Crippen LogP contribution in [0.15, 0.2) is 30.3 Å². The predicted molar refractivity (Wildman–Crippen MR) is 87.2 cm³/mol. The van der Waals surface area contributed by atoms with E-state index in [9.17, 15) is 22.4 Å². The van der Waals surface area contributed by atoms with Crippen LogP contribution in [0.2, 0.25) is 5.02 Å². The quantitative estimate of drug-likeness (QED) is 0.657. The molecule has 0 unspecified atom stereocenters. The molecule has 0 N–H and O–H groups in total. The molecule has 0 aromatic heterocycles. The van der Waals surface area contributed by atoms with Gasteiger partial charge in [0, 0.05) is 12.7 Å². The molecular weight excluding hydrogens is 374 g/mol. The SMILES string of the molecule is CN1C(=O)C2(CC2)c2cc(Oc3c(F)cc(C(F)(F)F)cc3Cl)ccc21. The number of fused-ring (bicyclic) bond motifs is 2. The summed E-state index contributed by atoms with van der Waals surface area (Å²) in [6.45, 7) is 0. The van der Waals surface area contributed by atoms with Crippen LogP contribution in [0.5, 0.6) is 11.5 Å². The number of anilines is 1. The number of carbonyl (C=O) groups is 1. The fourth-order valence-electron chi connectivity index (χ4n) is 3.35. The van der Waals surface area contributed by atoms with Gasteiger partial charge in [-0.3, -0.25) is 4.79 Å². The van der Waals surface area contributed by atoms with E-state index in [4.69, 9.17) is 16.3 Å². The van der Waals surface area contributed by atoms with Gasteiger partial charge in [0.05, 0.1) is 16.0 Å². The zero-order valence-corrected chi connectivity index (χ0v) is 14.2. The molecule has 136 valence electrons. The van der Waals surface area contributed by atoms with Crippen LogP contribution in [-0.2, 0) is 16.4 Å². The fourth-order valence-corrected chi connectivity index (χ4v) is 3.59. The summed E-state index contributed by atoms with van der Waals surface area (Å²) in [5.41, 5.74) is -0.207. The topological polar surface area (TPSA) is 29.5 Å². The van der Waals surface area contributed by atoms with Gasteiger partial charge in [0.1, 0.15) is 5.75 Å². The molecule has 1 saturated carbocycles. The normalized spacial score (nSPS) is 17.6. The average Bonchev–Trinajstić information content (AvgIpc) is 3.34. The third-order valence-corrected chi connectivity index (χ3v) is 5.14. The Morgan fingerprint density at radius 2 is 1.88 bits per heavy atom. The molecule has 3 nitrogen and oxygen atoms in total. The largest absolute Gasteiger partial charge is 0.453 e. The van der Waals surface area contributed by atoms with E-state index in [0.29, 0.717) is 12.1 Å². The zero-order valence-electron chi connectivity index (χ0n) is 13.5. The highest BCUT2D eigenvalue weighted by molar-refractivity contribution is 6.32. The molecule has 0 radical (unpaired) electrons. The van der Waals surface area contributed by atoms with E-state index >= 15 is 0 Å². The number of amides is 1. The van der Waals surface area contributed by atoms with E-state index < -0.39 is 33.7 Å². The van der Waals surface area contributed by atoms with Crippen LogP contribution in [0, 0.1) is 5.82 Å². The Bertz CT molecular complexity index is 914. The number of alkyl halides is 3. The molecule has 0 saturated heterocycles. The molecule has 1 fully saturated rings. The number of hydrogen-bond acceptors (Lipinski definition) is 2. The molecule has 1 heterocycles. The third kappa shape index (κ3) is 2.45. The second-order valence-corrected chi connectivity index (χ2v) is 6.90. The number of nitrogens with zero attached hydrogens (tertiary/aromatic N) is 1. The van der Waals surface area contributed by atoms with Crippen molar-refractivity contribution in [3.63, 3.8) is 0 Å². The summed E-state index contributed by atoms with van der Waals surface area (Å²) < 4.78 is 57.7. The number of carbonyl (C=O) groups excluding carboxylic acids is 1. The summed E-state index contributed by atoms with van der Waals surface area (Å²) >= 11 is 5.80. The molecule has 0 atom stereocenters. The van der Waals surface area contributed by atoms with Crippen LogP contribution >= 0.6 is 11.6 Å². The second-order valence-electron chi connectivity index (χ2n) is 6.49. The molecular formula is C18H12ClF4NO2. The van der Waals surface area contributed by atoms with Gasteiger partial charge < -0.3 is 9.64 Å². The molecule has 2 aliphatic rings. The summed E-state index contributed by atoms with van der Waals surface area (Å²) in [5, 5.41) is -0.479. The minimum atomic E-state index is -4.71. The van der Waals surface area contributed by atoms with Gasteiger partial charge >= 0.3 is 6.18 Å². The van der Waals surface area contributed by atoms with Crippen molar-refractivity contribution < 1.29 is 27.1 Å². The summed E-state index contributed by atoms with van der Waals surface area (Å²) in [7, 11) is 1.68. The lowest BCUT2D eigenvalue weighted by atomic mass is 9.98. The highest BCUT2D eigenvalue weighted by Gasteiger charge is 2.58. The van der Waals surface area contributed by atoms with E-state index in [1.54, 1.807) is 24.1 Å². The molecule has 2 aromatic rings. The Morgan fingerprint density at radius 1 is 1.19 bits per heavy atom. The van der Waals surface area contributed by atoms with Gasteiger partial charge in [-0.2, -0.15) is 13.2 Å². The first-order valence-electron chi connectivity index (χ1n) is 7.80. The Labute approximate surface area is 151 Å². The lowest BCUT2D eigenvalue weighted by Crippen LogP contribution is -2.27. The summed E-state index contributed by atoms with van der Waals surface area (Å²) in [4.78, 5) is 13.9. The van der Waals surface area contributed by atoms with Crippen molar-refractivity contribution in [2.24, 2.45) is 0 Å². The van der Waals surface area contributed by atoms with Crippen molar-refractivity contribution in [1.82, 2.24) is 0 Å². The maximum absolute atomic E-state index is 14.1. The fraction of sp³-hybridized carbons (Fsp3) is 0.278. The molecule has 1 aliphatic carbocycles. The van der Waals surface area contributed by atoms with Crippen molar-refractivity contribution in [2.75, 3.05) is 11.9 Å². The molecule has 1 spiro atoms. The van der Waals surface area contributed by atoms with Gasteiger partial charge in [0.15, 0.2) is 11.6 Å². The zero-order chi connectivity index (χ0) is 18.9. The average molecular weight is 386 g/mol. The Kier molecular flexibility index (Phi) is 3.54. The second kappa shape index (κ2) is 5.36. The highest BCUT2D eigenvalue weighted by atomic mass is 35.5. The number of likely N-dealkylation sites (N-methyl/N-ethyl adjacent to an activating group) is 1. The monoisotopic (exact) mass is 385 g/mol. The van der Waals surface area contributed by atoms with E-state index in [1.807, 2.05) is 0 Å². The highest BCUT2D eigenvalue weighted by Crippen LogP contribution is 2.57. The lowest BCUT2D eigenvalue weighted by molar-refractivity contribution is -0.137. The molecule has 4 rings (SSSR count). The number of benzene rings is 2. The van der Waals surface area contributed by atoms with Crippen LogP contribution in [-0.4, -0.2) is 13.0 Å². The van der Waals surface area contributed by atoms with Gasteiger partial charge in [-0.25, -0.2) is 4.39 Å². The van der Waals surface area contributed by atoms with Crippen molar-refractivity contribution in [1.29, 1.82) is 0 Å². The van der Waals surface area contributed by atoms with Crippen molar-refractivity contribution in [2.45, 2.75) is 24.4 Å². The van der Waals surface area contributed by atoms with Crippen LogP contribution in [0.4, 0.5) is 23.2 Å². The van der Waals surface area contributed by atoms with Crippen LogP contribution < -0.4 is 9.64 Å².